The molecule has 0 radical (unpaired) electrons. The van der Waals surface area contributed by atoms with Gasteiger partial charge in [-0.1, -0.05) is 12.1 Å². The first kappa shape index (κ1) is 15.9. The summed E-state index contributed by atoms with van der Waals surface area (Å²) in [6.45, 7) is 5.55. The summed E-state index contributed by atoms with van der Waals surface area (Å²) in [4.78, 5) is 37.7. The average Bonchev–Trinajstić information content (AvgIpc) is 2.42. The zero-order valence-electron chi connectivity index (χ0n) is 13.5. The number of fused-ring (bicyclic) bond motifs is 2. The molecule has 3 atom stereocenters. The predicted octanol–water partition coefficient (Wildman–Crippen LogP) is 2.55. The molecular weight excluding hydrogens is 296 g/mol. The minimum Gasteiger partial charge on any atom is -0.507 e. The lowest BCUT2D eigenvalue weighted by Gasteiger charge is -2.41. The summed E-state index contributed by atoms with van der Waals surface area (Å²) in [6.07, 6.45) is -0.445. The highest BCUT2D eigenvalue weighted by atomic mass is 16.5. The summed E-state index contributed by atoms with van der Waals surface area (Å²) < 4.78 is 5.92. The second-order valence-electron chi connectivity index (χ2n) is 7.28. The maximum atomic E-state index is 12.9. The molecule has 0 spiro atoms. The Bertz CT molecular complexity index is 698. The molecule has 1 fully saturated rings. The maximum absolute atomic E-state index is 12.9. The van der Waals surface area contributed by atoms with Crippen molar-refractivity contribution in [3.8, 4) is 5.75 Å². The molecule has 1 saturated carbocycles. The Balaban J connectivity index is 2.09. The van der Waals surface area contributed by atoms with Gasteiger partial charge < -0.3 is 9.84 Å². The van der Waals surface area contributed by atoms with Crippen LogP contribution in [0.25, 0.3) is 0 Å². The van der Waals surface area contributed by atoms with Crippen molar-refractivity contribution in [2.45, 2.75) is 45.3 Å². The second-order valence-corrected chi connectivity index (χ2v) is 7.28. The fraction of sp³-hybridized carbons (Fsp3) is 0.500. The van der Waals surface area contributed by atoms with Gasteiger partial charge in [-0.15, -0.1) is 0 Å². The van der Waals surface area contributed by atoms with E-state index >= 15 is 0 Å². The van der Waals surface area contributed by atoms with Gasteiger partial charge in [0.05, 0.1) is 23.2 Å². The Morgan fingerprint density at radius 2 is 1.78 bits per heavy atom. The molecule has 2 aliphatic carbocycles. The number of phenols is 1. The van der Waals surface area contributed by atoms with Crippen molar-refractivity contribution >= 4 is 17.3 Å². The fourth-order valence-corrected chi connectivity index (χ4v) is 3.61. The van der Waals surface area contributed by atoms with E-state index in [1.165, 1.54) is 18.2 Å². The third kappa shape index (κ3) is 2.70. The molecule has 5 heteroatoms. The van der Waals surface area contributed by atoms with Crippen LogP contribution in [0.4, 0.5) is 0 Å². The molecule has 122 valence electrons. The van der Waals surface area contributed by atoms with E-state index in [9.17, 15) is 19.5 Å². The largest absolute Gasteiger partial charge is 0.507 e. The van der Waals surface area contributed by atoms with Crippen LogP contribution in [0.15, 0.2) is 18.2 Å². The second kappa shape index (κ2) is 5.27. The van der Waals surface area contributed by atoms with Crippen molar-refractivity contribution in [3.63, 3.8) is 0 Å². The lowest BCUT2D eigenvalue weighted by Crippen LogP contribution is -2.50. The zero-order chi connectivity index (χ0) is 16.9. The first-order valence-corrected chi connectivity index (χ1v) is 7.79. The summed E-state index contributed by atoms with van der Waals surface area (Å²) in [5, 5.41) is 10.0. The molecule has 0 amide bonds. The van der Waals surface area contributed by atoms with Crippen LogP contribution in [0.5, 0.6) is 5.75 Å². The Kier molecular flexibility index (Phi) is 3.64. The van der Waals surface area contributed by atoms with Crippen molar-refractivity contribution < 1.29 is 24.2 Å². The minimum atomic E-state index is -0.708. The number of ether oxygens (including phenoxy) is 1. The van der Waals surface area contributed by atoms with Crippen molar-refractivity contribution in [2.75, 3.05) is 0 Å². The van der Waals surface area contributed by atoms with E-state index in [1.807, 2.05) is 20.8 Å². The normalized spacial score (nSPS) is 27.6. The van der Waals surface area contributed by atoms with Crippen molar-refractivity contribution in [1.29, 1.82) is 0 Å². The van der Waals surface area contributed by atoms with Gasteiger partial charge in [-0.25, -0.2) is 0 Å². The fourth-order valence-electron chi connectivity index (χ4n) is 3.61. The molecule has 23 heavy (non-hydrogen) atoms. The Morgan fingerprint density at radius 3 is 2.43 bits per heavy atom. The smallest absolute Gasteiger partial charge is 0.173 e. The van der Waals surface area contributed by atoms with Gasteiger partial charge in [-0.2, -0.15) is 0 Å². The van der Waals surface area contributed by atoms with E-state index in [0.717, 1.165) is 0 Å². The highest BCUT2D eigenvalue weighted by Crippen LogP contribution is 2.43. The van der Waals surface area contributed by atoms with Gasteiger partial charge in [0, 0.05) is 24.3 Å². The van der Waals surface area contributed by atoms with Crippen LogP contribution in [0, 0.1) is 11.8 Å². The van der Waals surface area contributed by atoms with Gasteiger partial charge in [0.25, 0.3) is 0 Å². The van der Waals surface area contributed by atoms with Crippen LogP contribution in [0.2, 0.25) is 0 Å². The van der Waals surface area contributed by atoms with Crippen LogP contribution in [-0.4, -0.2) is 34.2 Å². The molecule has 5 nitrogen and oxygen atoms in total. The first-order chi connectivity index (χ1) is 10.7. The number of ketones is 3. The first-order valence-electron chi connectivity index (χ1n) is 7.79. The van der Waals surface area contributed by atoms with E-state index in [1.54, 1.807) is 0 Å². The summed E-state index contributed by atoms with van der Waals surface area (Å²) in [6, 6.07) is 4.47. The molecule has 0 aromatic heterocycles. The third-order valence-electron chi connectivity index (χ3n) is 4.41. The molecule has 2 aliphatic rings. The van der Waals surface area contributed by atoms with Crippen LogP contribution in [-0.2, 0) is 9.53 Å². The number of phenolic OH excluding ortho intramolecular Hbond substituents is 1. The number of hydrogen-bond acceptors (Lipinski definition) is 5. The monoisotopic (exact) mass is 316 g/mol. The number of rotatable bonds is 1. The van der Waals surface area contributed by atoms with E-state index in [0.29, 0.717) is 0 Å². The van der Waals surface area contributed by atoms with Gasteiger partial charge in [-0.3, -0.25) is 14.4 Å². The molecule has 0 heterocycles. The quantitative estimate of drug-likeness (QED) is 0.861. The molecule has 0 aliphatic heterocycles. The van der Waals surface area contributed by atoms with E-state index in [-0.39, 0.29) is 47.1 Å². The summed E-state index contributed by atoms with van der Waals surface area (Å²) in [5.41, 5.74) is -0.258. The van der Waals surface area contributed by atoms with E-state index < -0.39 is 23.5 Å². The zero-order valence-corrected chi connectivity index (χ0v) is 13.5. The molecular formula is C18H20O5. The average molecular weight is 316 g/mol. The number of Topliss-reactive ketones (excluding diaryl/α,β-unsaturated/α-hetero) is 3. The van der Waals surface area contributed by atoms with Crippen LogP contribution in [0.1, 0.15) is 54.3 Å². The number of benzene rings is 1. The number of hydrogen-bond donors (Lipinski definition) is 1. The maximum Gasteiger partial charge on any atom is 0.173 e. The van der Waals surface area contributed by atoms with Gasteiger partial charge >= 0.3 is 0 Å². The van der Waals surface area contributed by atoms with Gasteiger partial charge in [0.2, 0.25) is 0 Å². The van der Waals surface area contributed by atoms with Crippen LogP contribution < -0.4 is 0 Å². The molecule has 3 rings (SSSR count). The van der Waals surface area contributed by atoms with Crippen molar-refractivity contribution in [1.82, 2.24) is 0 Å². The number of carbonyl (C=O) groups excluding carboxylic acids is 3. The lowest BCUT2D eigenvalue weighted by molar-refractivity contribution is -0.137. The summed E-state index contributed by atoms with van der Waals surface area (Å²) in [5.74, 6) is -2.21. The Hall–Kier alpha value is -2.01. The van der Waals surface area contributed by atoms with Crippen LogP contribution >= 0.6 is 0 Å². The van der Waals surface area contributed by atoms with Gasteiger partial charge in [-0.05, 0) is 26.8 Å². The topological polar surface area (TPSA) is 80.7 Å². The minimum absolute atomic E-state index is 0.0638. The number of aromatic hydroxyl groups is 1. The molecule has 1 N–H and O–H groups in total. The van der Waals surface area contributed by atoms with E-state index in [4.69, 9.17) is 4.74 Å². The predicted molar refractivity (Wildman–Crippen MR) is 82.6 cm³/mol. The number of carbonyl (C=O) groups is 3. The third-order valence-corrected chi connectivity index (χ3v) is 4.41. The van der Waals surface area contributed by atoms with Gasteiger partial charge in [0.1, 0.15) is 11.5 Å². The molecule has 1 aromatic rings. The van der Waals surface area contributed by atoms with Crippen LogP contribution in [0.3, 0.4) is 0 Å². The highest BCUT2D eigenvalue weighted by molar-refractivity contribution is 6.18. The lowest BCUT2D eigenvalue weighted by atomic mass is 9.65. The Labute approximate surface area is 134 Å². The van der Waals surface area contributed by atoms with E-state index in [2.05, 4.69) is 0 Å². The highest BCUT2D eigenvalue weighted by Gasteiger charge is 2.51. The van der Waals surface area contributed by atoms with Crippen molar-refractivity contribution in [2.24, 2.45) is 11.8 Å². The molecule has 0 bridgehead atoms. The Morgan fingerprint density at radius 1 is 1.09 bits per heavy atom. The van der Waals surface area contributed by atoms with Gasteiger partial charge in [0.15, 0.2) is 11.6 Å². The summed E-state index contributed by atoms with van der Waals surface area (Å²) >= 11 is 0. The molecule has 0 saturated heterocycles. The standard InChI is InChI=1S/C18H20O5/c1-18(2,3)23-13-8-9(19)7-11-15(13)17(22)14-10(16(11)21)5-4-6-12(14)20/h4-6,11,13,15,20H,7-8H2,1-3H3. The molecule has 3 unspecified atom stereocenters. The van der Waals surface area contributed by atoms with Crippen molar-refractivity contribution in [3.05, 3.63) is 29.3 Å². The summed E-state index contributed by atoms with van der Waals surface area (Å²) in [7, 11) is 0. The SMILES string of the molecule is CC(C)(C)OC1CC(=O)CC2C(=O)c3cccc(O)c3C(=O)C12. The molecule has 1 aromatic carbocycles.